The van der Waals surface area contributed by atoms with Gasteiger partial charge in [0.05, 0.1) is 11.1 Å². The maximum atomic E-state index is 14.7. The van der Waals surface area contributed by atoms with E-state index in [-0.39, 0.29) is 11.4 Å². The van der Waals surface area contributed by atoms with Crippen LogP contribution in [0.1, 0.15) is 25.5 Å². The highest BCUT2D eigenvalue weighted by Gasteiger charge is 2.20. The lowest BCUT2D eigenvalue weighted by atomic mass is 9.94. The summed E-state index contributed by atoms with van der Waals surface area (Å²) in [5.74, 6) is -0.385. The summed E-state index contributed by atoms with van der Waals surface area (Å²) in [4.78, 5) is 18.1. The third kappa shape index (κ3) is 2.68. The fourth-order valence-electron chi connectivity index (χ4n) is 3.11. The number of nitrogens with zero attached hydrogens (tertiary/aromatic N) is 1. The highest BCUT2D eigenvalue weighted by Crippen LogP contribution is 2.32. The molecule has 4 heteroatoms. The van der Waals surface area contributed by atoms with Crippen molar-refractivity contribution in [1.82, 2.24) is 4.73 Å². The highest BCUT2D eigenvalue weighted by molar-refractivity contribution is 5.97. The molecule has 0 amide bonds. The standard InChI is InChI=1S/C20H20FNO2/c1-3-4-13-17-18(14-9-6-5-7-10-14)19-15(11-8-12-16(19)21)20(23)22(17)24-2/h5-12H,3-4,13H2,1-2H3. The zero-order valence-corrected chi connectivity index (χ0v) is 13.9. The lowest BCUT2D eigenvalue weighted by Crippen LogP contribution is -2.29. The molecule has 0 radical (unpaired) electrons. The van der Waals surface area contributed by atoms with Crippen LogP contribution in [0.4, 0.5) is 4.39 Å². The van der Waals surface area contributed by atoms with E-state index in [1.165, 1.54) is 17.9 Å². The number of fused-ring (bicyclic) bond motifs is 1. The van der Waals surface area contributed by atoms with Crippen LogP contribution in [0.15, 0.2) is 53.3 Å². The summed E-state index contributed by atoms with van der Waals surface area (Å²) in [7, 11) is 1.47. The summed E-state index contributed by atoms with van der Waals surface area (Å²) in [5, 5.41) is 0.698. The van der Waals surface area contributed by atoms with Gasteiger partial charge < -0.3 is 4.84 Å². The van der Waals surface area contributed by atoms with Crippen molar-refractivity contribution in [2.45, 2.75) is 26.2 Å². The molecule has 0 N–H and O–H groups in total. The normalized spacial score (nSPS) is 11.0. The first-order valence-corrected chi connectivity index (χ1v) is 8.15. The van der Waals surface area contributed by atoms with Crippen molar-refractivity contribution < 1.29 is 9.23 Å². The number of halogens is 1. The zero-order valence-electron chi connectivity index (χ0n) is 13.9. The Balaban J connectivity index is 2.48. The summed E-state index contributed by atoms with van der Waals surface area (Å²) >= 11 is 0. The number of pyridine rings is 1. The van der Waals surface area contributed by atoms with Crippen LogP contribution in [0.25, 0.3) is 21.9 Å². The van der Waals surface area contributed by atoms with Crippen molar-refractivity contribution in [3.63, 3.8) is 0 Å². The summed E-state index contributed by atoms with van der Waals surface area (Å²) < 4.78 is 16.0. The minimum atomic E-state index is -0.385. The molecule has 124 valence electrons. The third-order valence-electron chi connectivity index (χ3n) is 4.22. The van der Waals surface area contributed by atoms with Crippen LogP contribution in [0.2, 0.25) is 0 Å². The van der Waals surface area contributed by atoms with Crippen molar-refractivity contribution in [2.24, 2.45) is 0 Å². The fourth-order valence-corrected chi connectivity index (χ4v) is 3.11. The molecule has 0 fully saturated rings. The number of hydrogen-bond donors (Lipinski definition) is 0. The summed E-state index contributed by atoms with van der Waals surface area (Å²) in [6, 6.07) is 14.2. The van der Waals surface area contributed by atoms with E-state index < -0.39 is 0 Å². The molecular weight excluding hydrogens is 305 g/mol. The highest BCUT2D eigenvalue weighted by atomic mass is 19.1. The van der Waals surface area contributed by atoms with Gasteiger partial charge in [0.25, 0.3) is 5.56 Å². The Morgan fingerprint density at radius 2 is 1.83 bits per heavy atom. The number of hydrogen-bond acceptors (Lipinski definition) is 2. The molecule has 0 saturated heterocycles. The molecule has 0 saturated carbocycles. The molecule has 0 aliphatic carbocycles. The molecule has 0 aliphatic heterocycles. The number of aromatic nitrogens is 1. The van der Waals surface area contributed by atoms with Crippen LogP contribution in [0.3, 0.4) is 0 Å². The third-order valence-corrected chi connectivity index (χ3v) is 4.22. The molecule has 1 aromatic heterocycles. The fraction of sp³-hybridized carbons (Fsp3) is 0.250. The van der Waals surface area contributed by atoms with Crippen molar-refractivity contribution in [3.8, 4) is 11.1 Å². The molecule has 3 nitrogen and oxygen atoms in total. The second kappa shape index (κ2) is 6.87. The zero-order chi connectivity index (χ0) is 17.1. The molecule has 0 aliphatic rings. The van der Waals surface area contributed by atoms with Gasteiger partial charge in [-0.1, -0.05) is 49.7 Å². The van der Waals surface area contributed by atoms with E-state index in [2.05, 4.69) is 6.92 Å². The van der Waals surface area contributed by atoms with E-state index in [0.717, 1.165) is 24.0 Å². The average Bonchev–Trinajstić information content (AvgIpc) is 2.61. The van der Waals surface area contributed by atoms with Crippen LogP contribution >= 0.6 is 0 Å². The Labute approximate surface area is 140 Å². The molecule has 0 spiro atoms. The lowest BCUT2D eigenvalue weighted by Gasteiger charge is -2.19. The molecule has 0 atom stereocenters. The Bertz CT molecular complexity index is 916. The molecule has 1 heterocycles. The first-order valence-electron chi connectivity index (χ1n) is 8.15. The van der Waals surface area contributed by atoms with Gasteiger partial charge in [-0.15, -0.1) is 4.73 Å². The topological polar surface area (TPSA) is 31.2 Å². The van der Waals surface area contributed by atoms with Crippen LogP contribution in [0.5, 0.6) is 0 Å². The molecule has 3 aromatic rings. The molecular formula is C20H20FNO2. The molecule has 0 unspecified atom stereocenters. The van der Waals surface area contributed by atoms with Crippen molar-refractivity contribution in [1.29, 1.82) is 0 Å². The molecule has 0 bridgehead atoms. The predicted molar refractivity (Wildman–Crippen MR) is 94.7 cm³/mol. The number of unbranched alkanes of at least 4 members (excludes halogenated alkanes) is 1. The summed E-state index contributed by atoms with van der Waals surface area (Å²) in [5.41, 5.74) is 2.01. The van der Waals surface area contributed by atoms with Gasteiger partial charge in [-0.2, -0.15) is 0 Å². The smallest absolute Gasteiger partial charge is 0.291 e. The SMILES string of the molecule is CCCCc1c(-c2ccccc2)c2c(F)cccc2c(=O)n1OC. The second-order valence-electron chi connectivity index (χ2n) is 5.74. The molecule has 24 heavy (non-hydrogen) atoms. The van der Waals surface area contributed by atoms with E-state index in [9.17, 15) is 9.18 Å². The maximum absolute atomic E-state index is 14.7. The summed E-state index contributed by atoms with van der Waals surface area (Å²) in [6.07, 6.45) is 2.51. The Morgan fingerprint density at radius 1 is 1.08 bits per heavy atom. The van der Waals surface area contributed by atoms with Crippen LogP contribution in [-0.4, -0.2) is 11.8 Å². The van der Waals surface area contributed by atoms with Gasteiger partial charge >= 0.3 is 0 Å². The van der Waals surface area contributed by atoms with E-state index >= 15 is 0 Å². The first kappa shape index (κ1) is 16.2. The van der Waals surface area contributed by atoms with Gasteiger partial charge in [-0.3, -0.25) is 4.79 Å². The summed E-state index contributed by atoms with van der Waals surface area (Å²) in [6.45, 7) is 2.08. The Hall–Kier alpha value is -2.62. The van der Waals surface area contributed by atoms with E-state index in [4.69, 9.17) is 4.84 Å². The van der Waals surface area contributed by atoms with Crippen molar-refractivity contribution in [2.75, 3.05) is 7.11 Å². The van der Waals surface area contributed by atoms with Crippen molar-refractivity contribution >= 4 is 10.8 Å². The lowest BCUT2D eigenvalue weighted by molar-refractivity contribution is 0.150. The monoisotopic (exact) mass is 325 g/mol. The van der Waals surface area contributed by atoms with E-state index in [1.54, 1.807) is 12.1 Å². The minimum absolute atomic E-state index is 0.321. The van der Waals surface area contributed by atoms with Gasteiger partial charge in [-0.25, -0.2) is 4.39 Å². The quantitative estimate of drug-likeness (QED) is 0.704. The number of benzene rings is 2. The Kier molecular flexibility index (Phi) is 4.65. The van der Waals surface area contributed by atoms with Gasteiger partial charge in [0.1, 0.15) is 12.9 Å². The largest absolute Gasteiger partial charge is 0.414 e. The predicted octanol–water partition coefficient (Wildman–Crippen LogP) is 4.21. The van der Waals surface area contributed by atoms with Crippen LogP contribution in [-0.2, 0) is 6.42 Å². The van der Waals surface area contributed by atoms with Gasteiger partial charge in [0.15, 0.2) is 0 Å². The van der Waals surface area contributed by atoms with Gasteiger partial charge in [-0.05, 0) is 30.5 Å². The van der Waals surface area contributed by atoms with Gasteiger partial charge in [0.2, 0.25) is 0 Å². The number of rotatable bonds is 5. The minimum Gasteiger partial charge on any atom is -0.414 e. The second-order valence-corrected chi connectivity index (χ2v) is 5.74. The van der Waals surface area contributed by atoms with Crippen LogP contribution in [0, 0.1) is 5.82 Å². The molecule has 2 aromatic carbocycles. The molecule has 3 rings (SSSR count). The van der Waals surface area contributed by atoms with E-state index in [1.807, 2.05) is 30.3 Å². The van der Waals surface area contributed by atoms with Crippen molar-refractivity contribution in [3.05, 3.63) is 70.4 Å². The Morgan fingerprint density at radius 3 is 2.50 bits per heavy atom. The van der Waals surface area contributed by atoms with E-state index in [0.29, 0.717) is 22.9 Å². The van der Waals surface area contributed by atoms with Gasteiger partial charge in [0, 0.05) is 10.9 Å². The first-order chi connectivity index (χ1) is 11.7. The average molecular weight is 325 g/mol. The maximum Gasteiger partial charge on any atom is 0.291 e. The van der Waals surface area contributed by atoms with Crippen LogP contribution < -0.4 is 10.4 Å².